The molecule has 0 radical (unpaired) electrons. The van der Waals surface area contributed by atoms with Gasteiger partial charge in [0.2, 0.25) is 5.89 Å². The van der Waals surface area contributed by atoms with E-state index in [2.05, 4.69) is 146 Å². The molecule has 2 nitrogen and oxygen atoms in total. The van der Waals surface area contributed by atoms with Gasteiger partial charge in [0.25, 0.3) is 0 Å². The molecule has 0 saturated heterocycles. The van der Waals surface area contributed by atoms with Crippen molar-refractivity contribution in [1.82, 2.24) is 4.98 Å². The zero-order valence-electron chi connectivity index (χ0n) is 26.6. The second-order valence-corrected chi connectivity index (χ2v) is 12.7. The van der Waals surface area contributed by atoms with Gasteiger partial charge in [0.05, 0.1) is 0 Å². The predicted molar refractivity (Wildman–Crippen MR) is 206 cm³/mol. The van der Waals surface area contributed by atoms with Crippen molar-refractivity contribution in [3.05, 3.63) is 176 Å². The first-order valence-electron chi connectivity index (χ1n) is 16.7. The van der Waals surface area contributed by atoms with Crippen LogP contribution in [0.2, 0.25) is 0 Å². The molecule has 10 aromatic rings. The first-order chi connectivity index (χ1) is 24.3. The van der Waals surface area contributed by atoms with E-state index in [1.54, 1.807) is 0 Å². The van der Waals surface area contributed by atoms with E-state index in [0.29, 0.717) is 5.89 Å². The predicted octanol–water partition coefficient (Wildman–Crippen LogP) is 13.1. The highest BCUT2D eigenvalue weighted by molar-refractivity contribution is 6.24. The summed E-state index contributed by atoms with van der Waals surface area (Å²) in [6.45, 7) is 0. The molecule has 0 unspecified atom stereocenters. The Morgan fingerprint density at radius 2 is 0.898 bits per heavy atom. The molecule has 2 heteroatoms. The van der Waals surface area contributed by atoms with Crippen LogP contribution in [0.15, 0.2) is 180 Å². The minimum absolute atomic E-state index is 0.639. The summed E-state index contributed by atoms with van der Waals surface area (Å²) in [5, 5.41) is 9.49. The second-order valence-electron chi connectivity index (χ2n) is 12.7. The topological polar surface area (TPSA) is 26.0 Å². The molecule has 0 spiro atoms. The lowest BCUT2D eigenvalue weighted by atomic mass is 9.83. The lowest BCUT2D eigenvalue weighted by Gasteiger charge is -2.20. The summed E-state index contributed by atoms with van der Waals surface area (Å²) in [4.78, 5) is 4.90. The van der Waals surface area contributed by atoms with Crippen molar-refractivity contribution in [2.45, 2.75) is 0 Å². The third kappa shape index (κ3) is 4.38. The van der Waals surface area contributed by atoms with Crippen LogP contribution in [0.4, 0.5) is 0 Å². The van der Waals surface area contributed by atoms with Crippen LogP contribution in [-0.4, -0.2) is 4.98 Å². The molecule has 10 rings (SSSR count). The number of hydrogen-bond acceptors (Lipinski definition) is 2. The van der Waals surface area contributed by atoms with E-state index in [0.717, 1.165) is 32.8 Å². The molecule has 9 aromatic carbocycles. The van der Waals surface area contributed by atoms with Gasteiger partial charge in [-0.2, -0.15) is 0 Å². The summed E-state index contributed by atoms with van der Waals surface area (Å²) < 4.78 is 6.56. The highest BCUT2D eigenvalue weighted by Crippen LogP contribution is 2.47. The quantitative estimate of drug-likeness (QED) is 0.144. The Balaban J connectivity index is 1.27. The molecule has 0 fully saturated rings. The molecule has 1 aromatic heterocycles. The summed E-state index contributed by atoms with van der Waals surface area (Å²) in [7, 11) is 0. The third-order valence-corrected chi connectivity index (χ3v) is 9.88. The Bertz CT molecular complexity index is 2810. The Morgan fingerprint density at radius 1 is 0.367 bits per heavy atom. The van der Waals surface area contributed by atoms with E-state index in [1.807, 2.05) is 30.3 Å². The Kier molecular flexibility index (Phi) is 6.22. The molecule has 1 heterocycles. The average Bonchev–Trinajstić information content (AvgIpc) is 3.62. The highest BCUT2D eigenvalue weighted by Gasteiger charge is 2.20. The van der Waals surface area contributed by atoms with E-state index >= 15 is 0 Å². The number of rotatable bonds is 4. The van der Waals surface area contributed by atoms with Crippen molar-refractivity contribution in [3.63, 3.8) is 0 Å². The van der Waals surface area contributed by atoms with Crippen LogP contribution in [-0.2, 0) is 0 Å². The Morgan fingerprint density at radius 3 is 1.59 bits per heavy atom. The van der Waals surface area contributed by atoms with E-state index < -0.39 is 0 Å². The maximum absolute atomic E-state index is 6.56. The normalized spacial score (nSPS) is 11.7. The zero-order chi connectivity index (χ0) is 32.3. The van der Waals surface area contributed by atoms with Crippen molar-refractivity contribution in [2.24, 2.45) is 0 Å². The van der Waals surface area contributed by atoms with Crippen molar-refractivity contribution in [3.8, 4) is 44.8 Å². The molecule has 0 amide bonds. The van der Waals surface area contributed by atoms with Gasteiger partial charge < -0.3 is 4.42 Å². The lowest BCUT2D eigenvalue weighted by Crippen LogP contribution is -1.92. The monoisotopic (exact) mass is 623 g/mol. The molecule has 0 aliphatic rings. The minimum atomic E-state index is 0.639. The minimum Gasteiger partial charge on any atom is -0.435 e. The van der Waals surface area contributed by atoms with Crippen LogP contribution in [0, 0.1) is 0 Å². The van der Waals surface area contributed by atoms with Gasteiger partial charge in [0.1, 0.15) is 5.52 Å². The molecular formula is C47H29NO. The molecule has 0 aliphatic carbocycles. The van der Waals surface area contributed by atoms with E-state index in [-0.39, 0.29) is 0 Å². The van der Waals surface area contributed by atoms with E-state index in [1.165, 1.54) is 60.3 Å². The van der Waals surface area contributed by atoms with Gasteiger partial charge in [-0.25, -0.2) is 4.98 Å². The average molecular weight is 624 g/mol. The van der Waals surface area contributed by atoms with Crippen LogP contribution >= 0.6 is 0 Å². The van der Waals surface area contributed by atoms with Gasteiger partial charge in [0, 0.05) is 10.9 Å². The van der Waals surface area contributed by atoms with E-state index in [9.17, 15) is 0 Å². The second kappa shape index (κ2) is 11.0. The first-order valence-corrected chi connectivity index (χ1v) is 16.7. The smallest absolute Gasteiger partial charge is 0.227 e. The number of oxazole rings is 1. The molecule has 49 heavy (non-hydrogen) atoms. The maximum Gasteiger partial charge on any atom is 0.227 e. The van der Waals surface area contributed by atoms with Gasteiger partial charge in [-0.15, -0.1) is 0 Å². The fourth-order valence-electron chi connectivity index (χ4n) is 7.68. The molecule has 0 bridgehead atoms. The summed E-state index contributed by atoms with van der Waals surface area (Å²) in [5.74, 6) is 0.639. The third-order valence-electron chi connectivity index (χ3n) is 9.88. The highest BCUT2D eigenvalue weighted by atomic mass is 16.3. The van der Waals surface area contributed by atoms with Crippen molar-refractivity contribution >= 4 is 54.2 Å². The molecule has 0 aliphatic heterocycles. The molecule has 228 valence electrons. The van der Waals surface area contributed by atoms with Gasteiger partial charge in [-0.3, -0.25) is 0 Å². The summed E-state index contributed by atoms with van der Waals surface area (Å²) >= 11 is 0. The van der Waals surface area contributed by atoms with Gasteiger partial charge >= 0.3 is 0 Å². The van der Waals surface area contributed by atoms with Crippen molar-refractivity contribution < 1.29 is 4.42 Å². The first kappa shape index (κ1) is 27.6. The van der Waals surface area contributed by atoms with Crippen LogP contribution in [0.1, 0.15) is 0 Å². The van der Waals surface area contributed by atoms with Crippen molar-refractivity contribution in [2.75, 3.05) is 0 Å². The van der Waals surface area contributed by atoms with Crippen molar-refractivity contribution in [1.29, 1.82) is 0 Å². The fourth-order valence-corrected chi connectivity index (χ4v) is 7.68. The molecular weight excluding hydrogens is 595 g/mol. The SMILES string of the molecule is c1ccc(-c2nc3ccc4ccc5ccc(-c6c7ccccc7c(-c7ccccc7-c7ccccc7)c7ccccc67)cc5c4c3o2)cc1. The summed E-state index contributed by atoms with van der Waals surface area (Å²) in [5.41, 5.74) is 10.0. The fraction of sp³-hybridized carbons (Fsp3) is 0. The van der Waals surface area contributed by atoms with Gasteiger partial charge in [-0.1, -0.05) is 152 Å². The number of hydrogen-bond donors (Lipinski definition) is 0. The standard InChI is InChI=1S/C47H29NO/c1-3-13-30(14-4-1)35-17-7-8-18-36(35)45-39-21-11-9-19-37(39)43(38-20-10-12-22-40(38)45)34-26-24-31-23-25-32-27-28-42-46(44(32)41(31)29-34)49-47(48-42)33-15-5-2-6-16-33/h1-29H. The summed E-state index contributed by atoms with van der Waals surface area (Å²) in [6.07, 6.45) is 0. The molecule has 0 atom stereocenters. The van der Waals surface area contributed by atoms with Crippen LogP contribution in [0.5, 0.6) is 0 Å². The zero-order valence-corrected chi connectivity index (χ0v) is 26.6. The van der Waals surface area contributed by atoms with Gasteiger partial charge in [0.15, 0.2) is 5.58 Å². The molecule has 0 N–H and O–H groups in total. The number of fused-ring (bicyclic) bond motifs is 7. The van der Waals surface area contributed by atoms with Crippen LogP contribution in [0.25, 0.3) is 99.0 Å². The summed E-state index contributed by atoms with van der Waals surface area (Å²) in [6, 6.07) is 62.9. The van der Waals surface area contributed by atoms with Crippen LogP contribution < -0.4 is 0 Å². The largest absolute Gasteiger partial charge is 0.435 e. The Hall–Kier alpha value is -6.51. The maximum atomic E-state index is 6.56. The number of nitrogens with zero attached hydrogens (tertiary/aromatic N) is 1. The van der Waals surface area contributed by atoms with E-state index in [4.69, 9.17) is 9.40 Å². The number of aromatic nitrogens is 1. The lowest BCUT2D eigenvalue weighted by molar-refractivity contribution is 0.623. The van der Waals surface area contributed by atoms with Gasteiger partial charge in [-0.05, 0) is 95.3 Å². The van der Waals surface area contributed by atoms with Crippen LogP contribution in [0.3, 0.4) is 0 Å². The number of benzene rings is 9. The Labute approximate surface area is 283 Å². The molecule has 0 saturated carbocycles.